The number of nitrogens with zero attached hydrogens (tertiary/aromatic N) is 1. The third-order valence-electron chi connectivity index (χ3n) is 9.06. The molecule has 2 aliphatic rings. The molecule has 0 aromatic heterocycles. The number of carbonyl (C=O) groups excluding carboxylic acids is 2. The lowest BCUT2D eigenvalue weighted by molar-refractivity contribution is -0.253. The number of benzene rings is 3. The van der Waals surface area contributed by atoms with Crippen LogP contribution < -0.4 is 10.6 Å². The van der Waals surface area contributed by atoms with Crippen molar-refractivity contribution in [3.63, 3.8) is 0 Å². The predicted octanol–water partition coefficient (Wildman–Crippen LogP) is 6.00. The van der Waals surface area contributed by atoms with Crippen LogP contribution in [0.2, 0.25) is 5.02 Å². The number of likely N-dealkylation sites (tertiary alicyclic amines) is 1. The van der Waals surface area contributed by atoms with Gasteiger partial charge < -0.3 is 35.2 Å². The minimum atomic E-state index is -0.873. The molecule has 3 unspecified atom stereocenters. The Balaban J connectivity index is 1.19. The van der Waals surface area contributed by atoms with Crippen LogP contribution in [0, 0.1) is 0 Å². The molecule has 0 aliphatic carbocycles. The largest absolute Gasteiger partial charge is 0.392 e. The first kappa shape index (κ1) is 35.0. The van der Waals surface area contributed by atoms with Gasteiger partial charge in [-0.25, -0.2) is 0 Å². The third-order valence-corrected chi connectivity index (χ3v) is 9.31. The SMILES string of the molecule is CC(=O)NCCCCCC(=O)Nc1ccc(C2OC(CN3CCC(O)(c4ccc(Cl)cc4)CC3)CC(c3ccc(CO)cc3)O2)cc1. The Morgan fingerprint density at radius 3 is 2.26 bits per heavy atom. The van der Waals surface area contributed by atoms with Gasteiger partial charge in [-0.3, -0.25) is 9.59 Å². The van der Waals surface area contributed by atoms with Crippen molar-refractivity contribution in [3.05, 3.63) is 100 Å². The number of hydrogen-bond donors (Lipinski definition) is 4. The van der Waals surface area contributed by atoms with Crippen LogP contribution in [0.3, 0.4) is 0 Å². The molecule has 9 nitrogen and oxygen atoms in total. The molecule has 0 bridgehead atoms. The molecule has 5 rings (SSSR count). The van der Waals surface area contributed by atoms with E-state index in [9.17, 15) is 19.8 Å². The third kappa shape index (κ3) is 10.1. The van der Waals surface area contributed by atoms with Crippen LogP contribution in [0.15, 0.2) is 72.8 Å². The fourth-order valence-electron chi connectivity index (χ4n) is 6.27. The quantitative estimate of drug-likeness (QED) is 0.166. The fraction of sp³-hybridized carbons (Fsp3) is 0.459. The van der Waals surface area contributed by atoms with Crippen LogP contribution in [-0.4, -0.2) is 59.2 Å². The smallest absolute Gasteiger partial charge is 0.224 e. The summed E-state index contributed by atoms with van der Waals surface area (Å²) < 4.78 is 13.1. The number of aliphatic hydroxyl groups is 2. The van der Waals surface area contributed by atoms with Crippen molar-refractivity contribution in [1.82, 2.24) is 10.2 Å². The Labute approximate surface area is 282 Å². The number of ether oxygens (including phenoxy) is 2. The van der Waals surface area contributed by atoms with Crippen LogP contribution in [0.4, 0.5) is 5.69 Å². The maximum atomic E-state index is 12.5. The maximum absolute atomic E-state index is 12.5. The standard InChI is InChI=1S/C37H46ClN3O6/c1-26(43)39-20-4-2-3-5-35(44)40-32-16-10-29(11-17-32)36-46-33(23-34(47-36)28-8-6-27(25-42)7-9-28)24-41-21-18-37(45,19-22-41)30-12-14-31(38)15-13-30/h6-17,33-34,36,42,45H,2-5,18-25H2,1H3,(H,39,43)(H,40,44). The molecule has 2 amide bonds. The van der Waals surface area contributed by atoms with Crippen molar-refractivity contribution in [2.75, 3.05) is 31.5 Å². The lowest BCUT2D eigenvalue weighted by Gasteiger charge is -2.42. The number of piperidine rings is 1. The number of halogens is 1. The van der Waals surface area contributed by atoms with E-state index < -0.39 is 11.9 Å². The Morgan fingerprint density at radius 1 is 0.915 bits per heavy atom. The second-order valence-corrected chi connectivity index (χ2v) is 13.1. The van der Waals surface area contributed by atoms with Crippen molar-refractivity contribution < 1.29 is 29.3 Å². The number of anilines is 1. The molecular weight excluding hydrogens is 618 g/mol. The predicted molar refractivity (Wildman–Crippen MR) is 182 cm³/mol. The van der Waals surface area contributed by atoms with Gasteiger partial charge in [0.05, 0.1) is 24.4 Å². The van der Waals surface area contributed by atoms with Gasteiger partial charge in [-0.15, -0.1) is 0 Å². The van der Waals surface area contributed by atoms with Gasteiger partial charge in [-0.1, -0.05) is 66.6 Å². The highest BCUT2D eigenvalue weighted by atomic mass is 35.5. The molecule has 252 valence electrons. The molecule has 10 heteroatoms. The second-order valence-electron chi connectivity index (χ2n) is 12.7. The Bertz CT molecular complexity index is 1440. The van der Waals surface area contributed by atoms with Crippen molar-refractivity contribution in [1.29, 1.82) is 0 Å². The van der Waals surface area contributed by atoms with E-state index >= 15 is 0 Å². The lowest BCUT2D eigenvalue weighted by atomic mass is 9.84. The van der Waals surface area contributed by atoms with Crippen molar-refractivity contribution in [2.24, 2.45) is 0 Å². The van der Waals surface area contributed by atoms with Gasteiger partial charge in [0.2, 0.25) is 11.8 Å². The van der Waals surface area contributed by atoms with Gasteiger partial charge in [0.1, 0.15) is 0 Å². The number of unbranched alkanes of at least 4 members (excludes halogenated alkanes) is 2. The molecule has 2 fully saturated rings. The molecule has 2 heterocycles. The topological polar surface area (TPSA) is 120 Å². The molecule has 0 radical (unpaired) electrons. The molecule has 2 aliphatic heterocycles. The number of rotatable bonds is 13. The van der Waals surface area contributed by atoms with Crippen LogP contribution in [-0.2, 0) is 31.3 Å². The summed E-state index contributed by atoms with van der Waals surface area (Å²) in [7, 11) is 0. The first-order valence-electron chi connectivity index (χ1n) is 16.6. The number of aliphatic hydroxyl groups excluding tert-OH is 1. The van der Waals surface area contributed by atoms with Gasteiger partial charge in [0.15, 0.2) is 6.29 Å². The van der Waals surface area contributed by atoms with Crippen LogP contribution >= 0.6 is 11.6 Å². The lowest BCUT2D eigenvalue weighted by Crippen LogP contribution is -2.46. The number of nitrogens with one attached hydrogen (secondary N) is 2. The summed E-state index contributed by atoms with van der Waals surface area (Å²) in [4.78, 5) is 25.8. The monoisotopic (exact) mass is 663 g/mol. The summed E-state index contributed by atoms with van der Waals surface area (Å²) in [5.74, 6) is -0.0808. The molecule has 2 saturated heterocycles. The molecule has 0 saturated carbocycles. The van der Waals surface area contributed by atoms with Gasteiger partial charge in [0.25, 0.3) is 0 Å². The average molecular weight is 664 g/mol. The maximum Gasteiger partial charge on any atom is 0.224 e. The Hall–Kier alpha value is -3.31. The van der Waals surface area contributed by atoms with Gasteiger partial charge in [-0.05, 0) is 66.6 Å². The number of amides is 2. The zero-order valence-electron chi connectivity index (χ0n) is 27.0. The first-order chi connectivity index (χ1) is 22.7. The van der Waals surface area contributed by atoms with E-state index in [1.54, 1.807) is 0 Å². The molecule has 3 aromatic carbocycles. The van der Waals surface area contributed by atoms with Crippen LogP contribution in [0.25, 0.3) is 0 Å². The van der Waals surface area contributed by atoms with Crippen molar-refractivity contribution in [3.8, 4) is 0 Å². The highest BCUT2D eigenvalue weighted by molar-refractivity contribution is 6.30. The minimum absolute atomic E-state index is 0.0149. The van der Waals surface area contributed by atoms with Gasteiger partial charge >= 0.3 is 0 Å². The van der Waals surface area contributed by atoms with E-state index in [0.717, 1.165) is 54.6 Å². The average Bonchev–Trinajstić information content (AvgIpc) is 3.08. The van der Waals surface area contributed by atoms with E-state index in [1.165, 1.54) is 6.92 Å². The molecule has 4 N–H and O–H groups in total. The van der Waals surface area contributed by atoms with Crippen molar-refractivity contribution in [2.45, 2.75) is 82.6 Å². The minimum Gasteiger partial charge on any atom is -0.392 e. The fourth-order valence-corrected chi connectivity index (χ4v) is 6.40. The van der Waals surface area contributed by atoms with E-state index in [1.807, 2.05) is 72.8 Å². The summed E-state index contributed by atoms with van der Waals surface area (Å²) in [5.41, 5.74) is 3.46. The highest BCUT2D eigenvalue weighted by Crippen LogP contribution is 2.39. The number of hydrogen-bond acceptors (Lipinski definition) is 7. The molecule has 0 spiro atoms. The van der Waals surface area contributed by atoms with Gasteiger partial charge in [-0.2, -0.15) is 0 Å². The van der Waals surface area contributed by atoms with Crippen LogP contribution in [0.5, 0.6) is 0 Å². The highest BCUT2D eigenvalue weighted by Gasteiger charge is 2.37. The van der Waals surface area contributed by atoms with E-state index in [4.69, 9.17) is 21.1 Å². The second kappa shape index (κ2) is 16.7. The molecule has 3 aromatic rings. The number of carbonyl (C=O) groups is 2. The van der Waals surface area contributed by atoms with Crippen LogP contribution in [0.1, 0.15) is 86.5 Å². The zero-order chi connectivity index (χ0) is 33.2. The first-order valence-corrected chi connectivity index (χ1v) is 16.9. The Kier molecular flexibility index (Phi) is 12.4. The zero-order valence-corrected chi connectivity index (χ0v) is 27.8. The van der Waals surface area contributed by atoms with E-state index in [-0.39, 0.29) is 30.6 Å². The summed E-state index contributed by atoms with van der Waals surface area (Å²) in [6.07, 6.45) is 3.90. The molecule has 3 atom stereocenters. The molecule has 47 heavy (non-hydrogen) atoms. The van der Waals surface area contributed by atoms with Gasteiger partial charge in [0, 0.05) is 62.2 Å². The summed E-state index contributed by atoms with van der Waals surface area (Å²) in [5, 5.41) is 27.3. The van der Waals surface area contributed by atoms with E-state index in [2.05, 4.69) is 15.5 Å². The summed E-state index contributed by atoms with van der Waals surface area (Å²) in [6.45, 7) is 4.30. The molecular formula is C37H46ClN3O6. The Morgan fingerprint density at radius 2 is 1.60 bits per heavy atom. The summed E-state index contributed by atoms with van der Waals surface area (Å²) in [6, 6.07) is 22.9. The van der Waals surface area contributed by atoms with Crippen molar-refractivity contribution >= 4 is 29.1 Å². The normalized spacial score (nSPS) is 21.2. The summed E-state index contributed by atoms with van der Waals surface area (Å²) >= 11 is 6.07. The van der Waals surface area contributed by atoms with E-state index in [0.29, 0.717) is 49.5 Å².